The fourth-order valence-electron chi connectivity index (χ4n) is 3.28. The van der Waals surface area contributed by atoms with Crippen LogP contribution < -0.4 is 10.6 Å². The van der Waals surface area contributed by atoms with Crippen molar-refractivity contribution in [3.8, 4) is 0 Å². The zero-order valence-electron chi connectivity index (χ0n) is 18.0. The summed E-state index contributed by atoms with van der Waals surface area (Å²) in [5, 5.41) is 10.2. The smallest absolute Gasteiger partial charge is 0.251 e. The number of anilines is 1. The predicted octanol–water partition coefficient (Wildman–Crippen LogP) is 3.87. The fraction of sp³-hybridized carbons (Fsp3) is 0.304. The summed E-state index contributed by atoms with van der Waals surface area (Å²) in [6, 6.07) is 15.1. The van der Waals surface area contributed by atoms with Crippen molar-refractivity contribution in [3.05, 3.63) is 75.8 Å². The Kier molecular flexibility index (Phi) is 7.36. The number of aromatic nitrogens is 3. The highest BCUT2D eigenvalue weighted by Gasteiger charge is 2.15. The number of carbonyl (C=O) groups excluding carboxylic acids is 2. The Bertz CT molecular complexity index is 1130. The van der Waals surface area contributed by atoms with Crippen LogP contribution in [0.25, 0.3) is 0 Å². The number of rotatable bonds is 8. The van der Waals surface area contributed by atoms with Gasteiger partial charge >= 0.3 is 0 Å². The number of aryl methyl sites for hydroxylation is 2. The molecule has 162 valence electrons. The molecule has 3 aromatic rings. The summed E-state index contributed by atoms with van der Waals surface area (Å²) >= 11 is 5.49. The van der Waals surface area contributed by atoms with Gasteiger partial charge in [-0.15, -0.1) is 0 Å². The average Bonchev–Trinajstić information content (AvgIpc) is 3.07. The van der Waals surface area contributed by atoms with E-state index in [1.165, 1.54) is 10.2 Å². The lowest BCUT2D eigenvalue weighted by Crippen LogP contribution is -2.25. The van der Waals surface area contributed by atoms with Crippen molar-refractivity contribution in [2.24, 2.45) is 0 Å². The highest BCUT2D eigenvalue weighted by Crippen LogP contribution is 2.11. The van der Waals surface area contributed by atoms with Gasteiger partial charge in [0.05, 0.1) is 6.54 Å². The Morgan fingerprint density at radius 2 is 1.77 bits per heavy atom. The molecule has 0 aliphatic heterocycles. The SMILES string of the molecule is CCc1ccc(NC(=O)Cn2nc(CNC(=O)c3ccccc3C)n(CC)c2=S)cc1. The number of hydrogen-bond acceptors (Lipinski definition) is 4. The number of carbonyl (C=O) groups is 2. The second kappa shape index (κ2) is 10.2. The second-order valence-electron chi connectivity index (χ2n) is 7.20. The molecule has 2 aromatic carbocycles. The van der Waals surface area contributed by atoms with Gasteiger partial charge in [-0.3, -0.25) is 9.59 Å². The summed E-state index contributed by atoms with van der Waals surface area (Å²) in [4.78, 5) is 25.0. The van der Waals surface area contributed by atoms with E-state index in [1.807, 2.05) is 60.9 Å². The molecule has 0 aliphatic carbocycles. The van der Waals surface area contributed by atoms with Crippen molar-refractivity contribution in [2.75, 3.05) is 5.32 Å². The summed E-state index contributed by atoms with van der Waals surface area (Å²) in [6.45, 7) is 6.74. The second-order valence-corrected chi connectivity index (χ2v) is 7.56. The van der Waals surface area contributed by atoms with Crippen molar-refractivity contribution in [3.63, 3.8) is 0 Å². The third kappa shape index (κ3) is 5.46. The van der Waals surface area contributed by atoms with E-state index >= 15 is 0 Å². The Morgan fingerprint density at radius 3 is 2.42 bits per heavy atom. The van der Waals surface area contributed by atoms with Gasteiger partial charge in [0.2, 0.25) is 5.91 Å². The van der Waals surface area contributed by atoms with E-state index in [-0.39, 0.29) is 24.9 Å². The number of amides is 2. The summed E-state index contributed by atoms with van der Waals surface area (Å²) in [7, 11) is 0. The number of benzene rings is 2. The first-order valence-corrected chi connectivity index (χ1v) is 10.7. The lowest BCUT2D eigenvalue weighted by Gasteiger charge is -2.07. The standard InChI is InChI=1S/C23H27N5O2S/c1-4-17-10-12-18(13-11-17)25-21(29)15-28-23(31)27(5-2)20(26-28)14-24-22(30)19-9-7-6-8-16(19)3/h6-13H,4-5,14-15H2,1-3H3,(H,24,30)(H,25,29). The molecule has 0 saturated heterocycles. The minimum atomic E-state index is -0.211. The van der Waals surface area contributed by atoms with Gasteiger partial charge in [0.15, 0.2) is 10.6 Å². The number of nitrogens with one attached hydrogen (secondary N) is 2. The molecule has 8 heteroatoms. The summed E-state index contributed by atoms with van der Waals surface area (Å²) in [5.41, 5.74) is 3.46. The van der Waals surface area contributed by atoms with Gasteiger partial charge in [0.25, 0.3) is 5.91 Å². The zero-order chi connectivity index (χ0) is 22.4. The molecule has 0 spiro atoms. The maximum Gasteiger partial charge on any atom is 0.251 e. The maximum atomic E-state index is 12.5. The van der Waals surface area contributed by atoms with Crippen LogP contribution in [-0.4, -0.2) is 26.2 Å². The average molecular weight is 438 g/mol. The summed E-state index contributed by atoms with van der Waals surface area (Å²) < 4.78 is 3.75. The van der Waals surface area contributed by atoms with E-state index in [2.05, 4.69) is 22.7 Å². The van der Waals surface area contributed by atoms with E-state index in [9.17, 15) is 9.59 Å². The number of hydrogen-bond donors (Lipinski definition) is 2. The van der Waals surface area contributed by atoms with Crippen LogP contribution >= 0.6 is 12.2 Å². The van der Waals surface area contributed by atoms with Crippen LogP contribution in [0.1, 0.15) is 41.2 Å². The molecule has 2 amide bonds. The van der Waals surface area contributed by atoms with Crippen LogP contribution in [0.2, 0.25) is 0 Å². The van der Waals surface area contributed by atoms with Crippen LogP contribution in [-0.2, 0) is 30.8 Å². The molecule has 1 aromatic heterocycles. The largest absolute Gasteiger partial charge is 0.345 e. The van der Waals surface area contributed by atoms with Gasteiger partial charge in [-0.1, -0.05) is 37.3 Å². The lowest BCUT2D eigenvalue weighted by atomic mass is 10.1. The van der Waals surface area contributed by atoms with Gasteiger partial charge in [0, 0.05) is 17.8 Å². The Morgan fingerprint density at radius 1 is 1.06 bits per heavy atom. The molecule has 0 atom stereocenters. The van der Waals surface area contributed by atoms with E-state index in [4.69, 9.17) is 12.2 Å². The lowest BCUT2D eigenvalue weighted by molar-refractivity contribution is -0.116. The third-order valence-electron chi connectivity index (χ3n) is 5.05. The zero-order valence-corrected chi connectivity index (χ0v) is 18.8. The highest BCUT2D eigenvalue weighted by atomic mass is 32.1. The van der Waals surface area contributed by atoms with Crippen LogP contribution in [0.5, 0.6) is 0 Å². The topological polar surface area (TPSA) is 81.0 Å². The summed E-state index contributed by atoms with van der Waals surface area (Å²) in [6.07, 6.45) is 0.945. The Labute approximate surface area is 187 Å². The number of nitrogens with zero attached hydrogens (tertiary/aromatic N) is 3. The van der Waals surface area contributed by atoms with E-state index < -0.39 is 0 Å². The molecule has 1 heterocycles. The monoisotopic (exact) mass is 437 g/mol. The van der Waals surface area contributed by atoms with Gasteiger partial charge in [0.1, 0.15) is 6.54 Å². The molecule has 0 bridgehead atoms. The maximum absolute atomic E-state index is 12.5. The van der Waals surface area contributed by atoms with Crippen LogP contribution in [0.15, 0.2) is 48.5 Å². The Balaban J connectivity index is 1.68. The van der Waals surface area contributed by atoms with Crippen molar-refractivity contribution in [2.45, 2.75) is 46.8 Å². The van der Waals surface area contributed by atoms with Gasteiger partial charge in [-0.25, -0.2) is 4.68 Å². The molecule has 0 radical (unpaired) electrons. The molecule has 0 fully saturated rings. The van der Waals surface area contributed by atoms with Crippen LogP contribution in [0.3, 0.4) is 0 Å². The highest BCUT2D eigenvalue weighted by molar-refractivity contribution is 7.71. The molecule has 7 nitrogen and oxygen atoms in total. The molecular weight excluding hydrogens is 410 g/mol. The molecule has 2 N–H and O–H groups in total. The van der Waals surface area contributed by atoms with E-state index in [0.29, 0.717) is 22.7 Å². The van der Waals surface area contributed by atoms with Crippen molar-refractivity contribution < 1.29 is 9.59 Å². The predicted molar refractivity (Wildman–Crippen MR) is 124 cm³/mol. The van der Waals surface area contributed by atoms with Crippen molar-refractivity contribution in [1.29, 1.82) is 0 Å². The van der Waals surface area contributed by atoms with Gasteiger partial charge < -0.3 is 15.2 Å². The van der Waals surface area contributed by atoms with Crippen molar-refractivity contribution in [1.82, 2.24) is 19.7 Å². The van der Waals surface area contributed by atoms with Crippen molar-refractivity contribution >= 4 is 29.7 Å². The summed E-state index contributed by atoms with van der Waals surface area (Å²) in [5.74, 6) is 0.223. The first kappa shape index (κ1) is 22.4. The molecular formula is C23H27N5O2S. The van der Waals surface area contributed by atoms with Gasteiger partial charge in [-0.05, 0) is 61.8 Å². The molecule has 3 rings (SSSR count). The fourth-order valence-corrected chi connectivity index (χ4v) is 3.62. The molecule has 0 unspecified atom stereocenters. The minimum Gasteiger partial charge on any atom is -0.345 e. The first-order valence-electron chi connectivity index (χ1n) is 10.3. The normalized spacial score (nSPS) is 10.7. The van der Waals surface area contributed by atoms with E-state index in [0.717, 1.165) is 17.7 Å². The Hall–Kier alpha value is -3.26. The molecule has 0 saturated carbocycles. The molecule has 31 heavy (non-hydrogen) atoms. The quantitative estimate of drug-likeness (QED) is 0.524. The third-order valence-corrected chi connectivity index (χ3v) is 5.48. The minimum absolute atomic E-state index is 0.000102. The van der Waals surface area contributed by atoms with Crippen LogP contribution in [0, 0.1) is 11.7 Å². The molecule has 0 aliphatic rings. The first-order chi connectivity index (χ1) is 14.9. The van der Waals surface area contributed by atoms with Gasteiger partial charge in [-0.2, -0.15) is 5.10 Å². The van der Waals surface area contributed by atoms with Crippen LogP contribution in [0.4, 0.5) is 5.69 Å². The van der Waals surface area contributed by atoms with E-state index in [1.54, 1.807) is 6.07 Å².